The van der Waals surface area contributed by atoms with Crippen LogP contribution < -0.4 is 4.72 Å². The van der Waals surface area contributed by atoms with Crippen molar-refractivity contribution < 1.29 is 8.42 Å². The first-order valence-corrected chi connectivity index (χ1v) is 6.69. The van der Waals surface area contributed by atoms with Gasteiger partial charge in [0.05, 0.1) is 11.9 Å². The van der Waals surface area contributed by atoms with Gasteiger partial charge in [-0.15, -0.1) is 0 Å². The average Bonchev–Trinajstić information content (AvgIpc) is 2.67. The molecule has 2 N–H and O–H groups in total. The van der Waals surface area contributed by atoms with E-state index in [-0.39, 0.29) is 10.7 Å². The monoisotopic (exact) mass is 291 g/mol. The standard InChI is InChI=1S/C9H7Cl2N3O2S/c10-6-3-7(11)5-8(4-6)14-17(15,16)9-1-2-12-13-9/h1-5,14H,(H,12,13). The molecule has 0 radical (unpaired) electrons. The van der Waals surface area contributed by atoms with Crippen molar-refractivity contribution in [3.8, 4) is 0 Å². The summed E-state index contributed by atoms with van der Waals surface area (Å²) < 4.78 is 26.0. The van der Waals surface area contributed by atoms with E-state index in [4.69, 9.17) is 23.2 Å². The van der Waals surface area contributed by atoms with Gasteiger partial charge in [0.25, 0.3) is 10.0 Å². The summed E-state index contributed by atoms with van der Waals surface area (Å²) in [5.74, 6) is 0. The van der Waals surface area contributed by atoms with Crippen LogP contribution in [0.3, 0.4) is 0 Å². The molecule has 0 saturated heterocycles. The number of hydrogen-bond donors (Lipinski definition) is 2. The smallest absolute Gasteiger partial charge is 0.278 e. The van der Waals surface area contributed by atoms with E-state index in [2.05, 4.69) is 14.9 Å². The zero-order valence-corrected chi connectivity index (χ0v) is 10.6. The van der Waals surface area contributed by atoms with E-state index in [1.807, 2.05) is 0 Å². The lowest BCUT2D eigenvalue weighted by Gasteiger charge is -2.06. The molecule has 0 saturated carbocycles. The second-order valence-electron chi connectivity index (χ2n) is 3.18. The zero-order valence-electron chi connectivity index (χ0n) is 8.31. The van der Waals surface area contributed by atoms with Crippen LogP contribution in [0.4, 0.5) is 5.69 Å². The Kier molecular flexibility index (Phi) is 3.28. The first kappa shape index (κ1) is 12.2. The minimum Gasteiger partial charge on any atom is -0.278 e. The molecular formula is C9H7Cl2N3O2S. The molecule has 90 valence electrons. The third-order valence-corrected chi connectivity index (χ3v) is 3.63. The highest BCUT2D eigenvalue weighted by molar-refractivity contribution is 7.92. The number of rotatable bonds is 3. The van der Waals surface area contributed by atoms with Gasteiger partial charge in [0, 0.05) is 10.0 Å². The molecule has 0 spiro atoms. The fourth-order valence-electron chi connectivity index (χ4n) is 1.22. The highest BCUT2D eigenvalue weighted by Gasteiger charge is 2.15. The van der Waals surface area contributed by atoms with Crippen LogP contribution in [0.2, 0.25) is 10.0 Å². The van der Waals surface area contributed by atoms with Gasteiger partial charge in [0.2, 0.25) is 0 Å². The lowest BCUT2D eigenvalue weighted by atomic mass is 10.3. The molecule has 0 aliphatic heterocycles. The van der Waals surface area contributed by atoms with Crippen LogP contribution in [0.25, 0.3) is 0 Å². The van der Waals surface area contributed by atoms with Crippen LogP contribution in [-0.4, -0.2) is 18.6 Å². The molecule has 1 aromatic carbocycles. The van der Waals surface area contributed by atoms with Gasteiger partial charge in [-0.05, 0) is 24.3 Å². The predicted octanol–water partition coefficient (Wildman–Crippen LogP) is 2.52. The molecule has 0 fully saturated rings. The van der Waals surface area contributed by atoms with Gasteiger partial charge in [-0.25, -0.2) is 0 Å². The van der Waals surface area contributed by atoms with E-state index < -0.39 is 10.0 Å². The highest BCUT2D eigenvalue weighted by Crippen LogP contribution is 2.24. The Hall–Kier alpha value is -1.24. The molecule has 0 aliphatic carbocycles. The molecule has 5 nitrogen and oxygen atoms in total. The van der Waals surface area contributed by atoms with Crippen LogP contribution in [0.1, 0.15) is 0 Å². The van der Waals surface area contributed by atoms with E-state index in [9.17, 15) is 8.42 Å². The topological polar surface area (TPSA) is 74.8 Å². The normalized spacial score (nSPS) is 11.4. The van der Waals surface area contributed by atoms with Crippen molar-refractivity contribution in [3.63, 3.8) is 0 Å². The number of hydrogen-bond acceptors (Lipinski definition) is 3. The van der Waals surface area contributed by atoms with E-state index in [0.717, 1.165) is 0 Å². The SMILES string of the molecule is O=S(=O)(Nc1cc(Cl)cc(Cl)c1)c1ccn[nH]1. The number of halogens is 2. The quantitative estimate of drug-likeness (QED) is 0.912. The van der Waals surface area contributed by atoms with Crippen molar-refractivity contribution in [2.45, 2.75) is 5.03 Å². The molecule has 2 rings (SSSR count). The van der Waals surface area contributed by atoms with Gasteiger partial charge in [0.15, 0.2) is 5.03 Å². The van der Waals surface area contributed by atoms with Crippen LogP contribution >= 0.6 is 23.2 Å². The fraction of sp³-hybridized carbons (Fsp3) is 0. The number of aromatic amines is 1. The summed E-state index contributed by atoms with van der Waals surface area (Å²) in [6, 6.07) is 5.77. The van der Waals surface area contributed by atoms with E-state index in [1.165, 1.54) is 30.5 Å². The third kappa shape index (κ3) is 2.91. The van der Waals surface area contributed by atoms with Crippen molar-refractivity contribution in [2.24, 2.45) is 0 Å². The summed E-state index contributed by atoms with van der Waals surface area (Å²) in [6.45, 7) is 0. The van der Waals surface area contributed by atoms with Crippen molar-refractivity contribution >= 4 is 38.9 Å². The predicted molar refractivity (Wildman–Crippen MR) is 65.9 cm³/mol. The molecule has 8 heteroatoms. The summed E-state index contributed by atoms with van der Waals surface area (Å²) >= 11 is 11.5. The van der Waals surface area contributed by atoms with Gasteiger partial charge >= 0.3 is 0 Å². The molecule has 0 atom stereocenters. The van der Waals surface area contributed by atoms with Gasteiger partial charge in [-0.1, -0.05) is 23.2 Å². The Labute approximate surface area is 108 Å². The van der Waals surface area contributed by atoms with E-state index in [1.54, 1.807) is 0 Å². The number of benzene rings is 1. The Morgan fingerprint density at radius 1 is 1.18 bits per heavy atom. The zero-order chi connectivity index (χ0) is 12.5. The number of nitrogens with zero attached hydrogens (tertiary/aromatic N) is 1. The average molecular weight is 292 g/mol. The summed E-state index contributed by atoms with van der Waals surface area (Å²) in [6.07, 6.45) is 1.35. The lowest BCUT2D eigenvalue weighted by Crippen LogP contribution is -2.13. The first-order valence-electron chi connectivity index (χ1n) is 4.46. The van der Waals surface area contributed by atoms with Gasteiger partial charge in [0.1, 0.15) is 0 Å². The summed E-state index contributed by atoms with van der Waals surface area (Å²) in [7, 11) is -3.69. The molecule has 1 aromatic heterocycles. The summed E-state index contributed by atoms with van der Waals surface area (Å²) in [4.78, 5) is 0. The van der Waals surface area contributed by atoms with E-state index in [0.29, 0.717) is 10.0 Å². The Balaban J connectivity index is 2.33. The van der Waals surface area contributed by atoms with Gasteiger partial charge in [-0.2, -0.15) is 13.5 Å². The number of aromatic nitrogens is 2. The summed E-state index contributed by atoms with van der Waals surface area (Å²) in [5, 5.41) is 6.59. The maximum absolute atomic E-state index is 11.8. The van der Waals surface area contributed by atoms with Crippen molar-refractivity contribution in [2.75, 3.05) is 4.72 Å². The van der Waals surface area contributed by atoms with Crippen molar-refractivity contribution in [1.29, 1.82) is 0 Å². The summed E-state index contributed by atoms with van der Waals surface area (Å²) in [5.41, 5.74) is 0.289. The minimum atomic E-state index is -3.69. The Morgan fingerprint density at radius 3 is 2.35 bits per heavy atom. The number of sulfonamides is 1. The van der Waals surface area contributed by atoms with Gasteiger partial charge in [-0.3, -0.25) is 9.82 Å². The maximum Gasteiger partial charge on any atom is 0.278 e. The molecule has 2 aromatic rings. The molecule has 0 bridgehead atoms. The van der Waals surface area contributed by atoms with Crippen LogP contribution in [0.5, 0.6) is 0 Å². The number of anilines is 1. The van der Waals surface area contributed by atoms with Crippen LogP contribution in [0, 0.1) is 0 Å². The minimum absolute atomic E-state index is 0.0337. The lowest BCUT2D eigenvalue weighted by molar-refractivity contribution is 0.597. The largest absolute Gasteiger partial charge is 0.278 e. The number of nitrogens with one attached hydrogen (secondary N) is 2. The van der Waals surface area contributed by atoms with Crippen LogP contribution in [-0.2, 0) is 10.0 Å². The highest BCUT2D eigenvalue weighted by atomic mass is 35.5. The second kappa shape index (κ2) is 4.56. The maximum atomic E-state index is 11.8. The van der Waals surface area contributed by atoms with Crippen LogP contribution in [0.15, 0.2) is 35.5 Å². The number of H-pyrrole nitrogens is 1. The molecule has 0 unspecified atom stereocenters. The molecule has 1 heterocycles. The molecule has 17 heavy (non-hydrogen) atoms. The second-order valence-corrected chi connectivity index (χ2v) is 5.71. The van der Waals surface area contributed by atoms with Crippen molar-refractivity contribution in [3.05, 3.63) is 40.5 Å². The molecular weight excluding hydrogens is 285 g/mol. The van der Waals surface area contributed by atoms with Gasteiger partial charge < -0.3 is 0 Å². The van der Waals surface area contributed by atoms with E-state index >= 15 is 0 Å². The Morgan fingerprint density at radius 2 is 1.82 bits per heavy atom. The Bertz CT molecular complexity index is 605. The third-order valence-electron chi connectivity index (χ3n) is 1.88. The molecule has 0 amide bonds. The first-order chi connectivity index (χ1) is 7.97. The molecule has 0 aliphatic rings. The van der Waals surface area contributed by atoms with Crippen molar-refractivity contribution in [1.82, 2.24) is 10.2 Å². The fourth-order valence-corrected chi connectivity index (χ4v) is 2.69.